The van der Waals surface area contributed by atoms with E-state index in [1.807, 2.05) is 13.0 Å². The van der Waals surface area contributed by atoms with E-state index in [1.165, 1.54) is 12.1 Å². The second-order valence-corrected chi connectivity index (χ2v) is 7.19. The minimum atomic E-state index is -0.596. The maximum Gasteiger partial charge on any atom is 0.126 e. The fraction of sp³-hybridized carbons (Fsp3) is 0.588. The second-order valence-electron chi connectivity index (χ2n) is 7.19. The maximum absolute atomic E-state index is 13.5. The number of nitriles is 1. The van der Waals surface area contributed by atoms with Crippen LogP contribution in [0.5, 0.6) is 0 Å². The third-order valence-corrected chi connectivity index (χ3v) is 4.02. The number of rotatable bonds is 2. The smallest absolute Gasteiger partial charge is 0.126 e. The lowest BCUT2D eigenvalue weighted by Crippen LogP contribution is -2.46. The Balaban J connectivity index is 2.30. The lowest BCUT2D eigenvalue weighted by Gasteiger charge is -2.44. The van der Waals surface area contributed by atoms with Gasteiger partial charge in [-0.15, -0.1) is 0 Å². The molecule has 0 bridgehead atoms. The summed E-state index contributed by atoms with van der Waals surface area (Å²) in [6, 6.07) is 7.32. The molecule has 0 aromatic heterocycles. The number of nitrogens with zero attached hydrogens (tertiary/aromatic N) is 1. The van der Waals surface area contributed by atoms with Gasteiger partial charge in [0.1, 0.15) is 11.4 Å². The number of anilines is 1. The van der Waals surface area contributed by atoms with Crippen molar-refractivity contribution in [3.63, 3.8) is 0 Å². The summed E-state index contributed by atoms with van der Waals surface area (Å²) < 4.78 is 13.5. The third-order valence-electron chi connectivity index (χ3n) is 4.02. The van der Waals surface area contributed by atoms with E-state index in [0.717, 1.165) is 24.8 Å². The van der Waals surface area contributed by atoms with E-state index in [2.05, 4.69) is 32.2 Å². The zero-order chi connectivity index (χ0) is 15.0. The van der Waals surface area contributed by atoms with Crippen molar-refractivity contribution in [3.05, 3.63) is 29.6 Å². The Morgan fingerprint density at radius 2 is 2.00 bits per heavy atom. The summed E-state index contributed by atoms with van der Waals surface area (Å²) in [5.41, 5.74) is 1.10. The molecule has 2 rings (SSSR count). The van der Waals surface area contributed by atoms with Gasteiger partial charge in [-0.05, 0) is 61.3 Å². The van der Waals surface area contributed by atoms with Crippen LogP contribution in [0.1, 0.15) is 45.6 Å². The normalized spacial score (nSPS) is 28.7. The molecule has 1 aliphatic carbocycles. The van der Waals surface area contributed by atoms with Crippen molar-refractivity contribution in [2.45, 2.75) is 52.5 Å². The van der Waals surface area contributed by atoms with Gasteiger partial charge in [0.15, 0.2) is 0 Å². The van der Waals surface area contributed by atoms with Gasteiger partial charge in [0.25, 0.3) is 0 Å². The van der Waals surface area contributed by atoms with E-state index in [4.69, 9.17) is 0 Å². The monoisotopic (exact) mass is 274 g/mol. The van der Waals surface area contributed by atoms with Gasteiger partial charge in [0.05, 0.1) is 6.07 Å². The number of hydrogen-bond acceptors (Lipinski definition) is 2. The second kappa shape index (κ2) is 5.09. The van der Waals surface area contributed by atoms with Gasteiger partial charge in [0.2, 0.25) is 0 Å². The number of benzene rings is 1. The first-order chi connectivity index (χ1) is 9.23. The minimum absolute atomic E-state index is 0.128. The number of halogens is 1. The van der Waals surface area contributed by atoms with Crippen LogP contribution in [0.2, 0.25) is 0 Å². The fourth-order valence-corrected chi connectivity index (χ4v) is 3.86. The predicted octanol–water partition coefficient (Wildman–Crippen LogP) is 4.65. The van der Waals surface area contributed by atoms with Gasteiger partial charge in [-0.25, -0.2) is 4.39 Å². The van der Waals surface area contributed by atoms with E-state index in [0.29, 0.717) is 11.6 Å². The third kappa shape index (κ3) is 3.30. The van der Waals surface area contributed by atoms with Crippen molar-refractivity contribution in [1.29, 1.82) is 5.26 Å². The van der Waals surface area contributed by atoms with Crippen LogP contribution < -0.4 is 5.32 Å². The molecule has 0 aliphatic heterocycles. The first-order valence-electron chi connectivity index (χ1n) is 7.20. The molecule has 3 heteroatoms. The summed E-state index contributed by atoms with van der Waals surface area (Å²) in [7, 11) is 0. The number of aryl methyl sites for hydroxylation is 1. The highest BCUT2D eigenvalue weighted by atomic mass is 19.1. The standard InChI is InChI=1S/C17H23FN2/c1-12-5-14(18)7-15(6-12)20-17(11-19)9-13(2)8-16(3,4)10-17/h5-7,13,20H,8-10H2,1-4H3. The van der Waals surface area contributed by atoms with Crippen molar-refractivity contribution in [3.8, 4) is 6.07 Å². The molecule has 2 atom stereocenters. The van der Waals surface area contributed by atoms with Crippen molar-refractivity contribution >= 4 is 5.69 Å². The van der Waals surface area contributed by atoms with E-state index in [9.17, 15) is 9.65 Å². The van der Waals surface area contributed by atoms with Gasteiger partial charge >= 0.3 is 0 Å². The van der Waals surface area contributed by atoms with Crippen LogP contribution in [0.3, 0.4) is 0 Å². The van der Waals surface area contributed by atoms with Crippen LogP contribution in [-0.2, 0) is 0 Å². The molecule has 1 saturated carbocycles. The highest BCUT2D eigenvalue weighted by Gasteiger charge is 2.43. The molecular formula is C17H23FN2. The zero-order valence-electron chi connectivity index (χ0n) is 12.8. The van der Waals surface area contributed by atoms with E-state index >= 15 is 0 Å². The molecule has 20 heavy (non-hydrogen) atoms. The molecule has 0 amide bonds. The Bertz CT molecular complexity index is 524. The van der Waals surface area contributed by atoms with Gasteiger partial charge in [-0.2, -0.15) is 5.26 Å². The molecule has 1 fully saturated rings. The van der Waals surface area contributed by atoms with Crippen molar-refractivity contribution in [2.24, 2.45) is 11.3 Å². The molecular weight excluding hydrogens is 251 g/mol. The van der Waals surface area contributed by atoms with E-state index < -0.39 is 5.54 Å². The minimum Gasteiger partial charge on any atom is -0.367 e. The summed E-state index contributed by atoms with van der Waals surface area (Å²) in [5.74, 6) is 0.226. The van der Waals surface area contributed by atoms with E-state index in [-0.39, 0.29) is 11.2 Å². The van der Waals surface area contributed by atoms with Crippen molar-refractivity contribution in [1.82, 2.24) is 0 Å². The van der Waals surface area contributed by atoms with Gasteiger partial charge in [-0.1, -0.05) is 20.8 Å². The summed E-state index contributed by atoms with van der Waals surface area (Å²) >= 11 is 0. The molecule has 1 aromatic rings. The first kappa shape index (κ1) is 14.8. The van der Waals surface area contributed by atoms with Crippen LogP contribution in [0.4, 0.5) is 10.1 Å². The first-order valence-corrected chi connectivity index (χ1v) is 7.20. The quantitative estimate of drug-likeness (QED) is 0.851. The predicted molar refractivity (Wildman–Crippen MR) is 79.9 cm³/mol. The topological polar surface area (TPSA) is 35.8 Å². The molecule has 1 N–H and O–H groups in total. The molecule has 108 valence electrons. The lowest BCUT2D eigenvalue weighted by atomic mass is 9.64. The molecule has 0 saturated heterocycles. The van der Waals surface area contributed by atoms with Gasteiger partial charge in [0, 0.05) is 5.69 Å². The van der Waals surface area contributed by atoms with Crippen LogP contribution in [0.15, 0.2) is 18.2 Å². The fourth-order valence-electron chi connectivity index (χ4n) is 3.86. The highest BCUT2D eigenvalue weighted by molar-refractivity contribution is 5.50. The molecule has 2 unspecified atom stereocenters. The van der Waals surface area contributed by atoms with E-state index in [1.54, 1.807) is 0 Å². The maximum atomic E-state index is 13.5. The molecule has 1 aliphatic rings. The zero-order valence-corrected chi connectivity index (χ0v) is 12.8. The Kier molecular flexibility index (Phi) is 3.77. The highest BCUT2D eigenvalue weighted by Crippen LogP contribution is 2.45. The average Bonchev–Trinajstić information content (AvgIpc) is 2.24. The summed E-state index contributed by atoms with van der Waals surface area (Å²) in [5, 5.41) is 13.0. The van der Waals surface area contributed by atoms with Crippen LogP contribution in [0.25, 0.3) is 0 Å². The Hall–Kier alpha value is -1.56. The summed E-state index contributed by atoms with van der Waals surface area (Å²) in [6.45, 7) is 8.45. The van der Waals surface area contributed by atoms with Gasteiger partial charge < -0.3 is 5.32 Å². The molecule has 0 heterocycles. The average molecular weight is 274 g/mol. The Morgan fingerprint density at radius 3 is 2.55 bits per heavy atom. The molecule has 0 spiro atoms. The number of hydrogen-bond donors (Lipinski definition) is 1. The molecule has 0 radical (unpaired) electrons. The van der Waals surface area contributed by atoms with Crippen molar-refractivity contribution < 1.29 is 4.39 Å². The summed E-state index contributed by atoms with van der Waals surface area (Å²) in [6.07, 6.45) is 2.72. The number of nitrogens with one attached hydrogen (secondary N) is 1. The Morgan fingerprint density at radius 1 is 1.30 bits per heavy atom. The lowest BCUT2D eigenvalue weighted by molar-refractivity contribution is 0.149. The van der Waals surface area contributed by atoms with Crippen LogP contribution >= 0.6 is 0 Å². The SMILES string of the molecule is Cc1cc(F)cc(NC2(C#N)CC(C)CC(C)(C)C2)c1. The van der Waals surface area contributed by atoms with Crippen LogP contribution in [0, 0.1) is 35.4 Å². The molecule has 2 nitrogen and oxygen atoms in total. The summed E-state index contributed by atoms with van der Waals surface area (Å²) in [4.78, 5) is 0. The largest absolute Gasteiger partial charge is 0.367 e. The van der Waals surface area contributed by atoms with Gasteiger partial charge in [-0.3, -0.25) is 0 Å². The Labute approximate surface area is 121 Å². The van der Waals surface area contributed by atoms with Crippen LogP contribution in [-0.4, -0.2) is 5.54 Å². The van der Waals surface area contributed by atoms with Crippen molar-refractivity contribution in [2.75, 3.05) is 5.32 Å². The molecule has 1 aromatic carbocycles.